The van der Waals surface area contributed by atoms with Gasteiger partial charge in [0.25, 0.3) is 0 Å². The molecule has 0 N–H and O–H groups in total. The van der Waals surface area contributed by atoms with E-state index in [4.69, 9.17) is 9.47 Å². The van der Waals surface area contributed by atoms with Crippen molar-refractivity contribution in [3.63, 3.8) is 0 Å². The van der Waals surface area contributed by atoms with Crippen molar-refractivity contribution in [3.05, 3.63) is 11.4 Å². The average molecular weight is 295 g/mol. The average Bonchev–Trinajstić information content (AvgIpc) is 3.08. The minimum absolute atomic E-state index is 0.183. The van der Waals surface area contributed by atoms with Gasteiger partial charge in [0.15, 0.2) is 5.69 Å². The third kappa shape index (κ3) is 4.03. The fourth-order valence-electron chi connectivity index (χ4n) is 2.74. The number of carbonyl (C=O) groups excluding carboxylic acids is 1. The molecule has 1 aliphatic heterocycles. The molecule has 2 rings (SSSR count). The van der Waals surface area contributed by atoms with Gasteiger partial charge < -0.3 is 9.47 Å². The topological polar surface area (TPSA) is 66.2 Å². The van der Waals surface area contributed by atoms with Crippen LogP contribution in [0.2, 0.25) is 0 Å². The monoisotopic (exact) mass is 295 g/mol. The van der Waals surface area contributed by atoms with Gasteiger partial charge in [0.05, 0.1) is 18.4 Å². The molecular formula is C15H25N3O3. The number of rotatable bonds is 7. The van der Waals surface area contributed by atoms with Crippen molar-refractivity contribution in [2.24, 2.45) is 0 Å². The maximum atomic E-state index is 11.9. The third-order valence-corrected chi connectivity index (χ3v) is 3.71. The highest BCUT2D eigenvalue weighted by molar-refractivity contribution is 5.88. The molecule has 1 fully saturated rings. The largest absolute Gasteiger partial charge is 0.461 e. The summed E-state index contributed by atoms with van der Waals surface area (Å²) in [5, 5.41) is 8.14. The van der Waals surface area contributed by atoms with Crippen LogP contribution >= 0.6 is 0 Å². The van der Waals surface area contributed by atoms with E-state index in [0.29, 0.717) is 18.4 Å². The molecule has 1 unspecified atom stereocenters. The van der Waals surface area contributed by atoms with Crippen molar-refractivity contribution in [3.8, 4) is 0 Å². The number of nitrogens with zero attached hydrogens (tertiary/aromatic N) is 3. The van der Waals surface area contributed by atoms with Crippen LogP contribution in [-0.2, 0) is 16.0 Å². The fraction of sp³-hybridized carbons (Fsp3) is 0.800. The number of aryl methyl sites for hydroxylation is 1. The molecule has 0 saturated carbocycles. The molecule has 1 aromatic heterocycles. The first-order valence-electron chi connectivity index (χ1n) is 7.85. The molecule has 6 nitrogen and oxygen atoms in total. The molecule has 0 aromatic carbocycles. The Morgan fingerprint density at radius 1 is 1.52 bits per heavy atom. The van der Waals surface area contributed by atoms with E-state index in [2.05, 4.69) is 10.3 Å². The molecule has 1 aromatic rings. The molecule has 0 amide bonds. The fourth-order valence-corrected chi connectivity index (χ4v) is 2.74. The van der Waals surface area contributed by atoms with Crippen molar-refractivity contribution < 1.29 is 14.3 Å². The Morgan fingerprint density at radius 2 is 2.33 bits per heavy atom. The lowest BCUT2D eigenvalue weighted by molar-refractivity contribution is 0.0517. The summed E-state index contributed by atoms with van der Waals surface area (Å²) in [6, 6.07) is 0. The van der Waals surface area contributed by atoms with Crippen LogP contribution in [0.4, 0.5) is 0 Å². The number of aromatic nitrogens is 3. The Bertz CT molecular complexity index is 465. The van der Waals surface area contributed by atoms with Crippen LogP contribution in [0.15, 0.2) is 0 Å². The van der Waals surface area contributed by atoms with E-state index in [1.54, 1.807) is 6.92 Å². The van der Waals surface area contributed by atoms with E-state index in [0.717, 1.165) is 44.5 Å². The Balaban J connectivity index is 1.99. The predicted molar refractivity (Wildman–Crippen MR) is 78.3 cm³/mol. The Labute approximate surface area is 125 Å². The summed E-state index contributed by atoms with van der Waals surface area (Å²) in [5.74, 6) is -0.200. The quantitative estimate of drug-likeness (QED) is 0.723. The minimum Gasteiger partial charge on any atom is -0.461 e. The van der Waals surface area contributed by atoms with E-state index in [1.165, 1.54) is 0 Å². The number of ether oxygens (including phenoxy) is 2. The zero-order valence-electron chi connectivity index (χ0n) is 13.2. The van der Waals surface area contributed by atoms with E-state index in [-0.39, 0.29) is 11.9 Å². The van der Waals surface area contributed by atoms with Crippen LogP contribution < -0.4 is 0 Å². The minimum atomic E-state index is -0.383. The van der Waals surface area contributed by atoms with Gasteiger partial charge in [-0.25, -0.2) is 9.48 Å². The molecule has 1 aliphatic rings. The summed E-state index contributed by atoms with van der Waals surface area (Å²) in [5.41, 5.74) is 1.21. The van der Waals surface area contributed by atoms with Gasteiger partial charge in [-0.05, 0) is 38.5 Å². The Kier molecular flexibility index (Phi) is 5.73. The lowest BCUT2D eigenvalue weighted by Crippen LogP contribution is -2.13. The highest BCUT2D eigenvalue weighted by Crippen LogP contribution is 2.21. The highest BCUT2D eigenvalue weighted by atomic mass is 16.5. The van der Waals surface area contributed by atoms with Crippen LogP contribution in [0.3, 0.4) is 0 Å². The molecule has 21 heavy (non-hydrogen) atoms. The van der Waals surface area contributed by atoms with Gasteiger partial charge in [0.1, 0.15) is 0 Å². The first-order chi connectivity index (χ1) is 10.1. The molecule has 0 bridgehead atoms. The summed E-state index contributed by atoms with van der Waals surface area (Å²) in [7, 11) is 0. The van der Waals surface area contributed by atoms with Crippen LogP contribution in [0, 0.1) is 0 Å². The van der Waals surface area contributed by atoms with E-state index < -0.39 is 0 Å². The van der Waals surface area contributed by atoms with Crippen LogP contribution in [0.1, 0.15) is 68.6 Å². The predicted octanol–water partition coefficient (Wildman–Crippen LogP) is 2.54. The van der Waals surface area contributed by atoms with Crippen molar-refractivity contribution in [1.29, 1.82) is 0 Å². The normalized spacial score (nSPS) is 18.4. The van der Waals surface area contributed by atoms with E-state index in [9.17, 15) is 4.79 Å². The molecular weight excluding hydrogens is 270 g/mol. The summed E-state index contributed by atoms with van der Waals surface area (Å²) in [6.07, 6.45) is 4.73. The lowest BCUT2D eigenvalue weighted by Gasteiger charge is -2.12. The molecule has 118 valence electrons. The standard InChI is InChI=1S/C15H25N3O3/c1-4-20-15(19)13-14(11(2)3)18(17-16-13)9-5-7-12-8-6-10-21-12/h11-12H,4-10H2,1-3H3. The van der Waals surface area contributed by atoms with Crippen LogP contribution in [-0.4, -0.2) is 40.3 Å². The van der Waals surface area contributed by atoms with Crippen molar-refractivity contribution >= 4 is 5.97 Å². The highest BCUT2D eigenvalue weighted by Gasteiger charge is 2.23. The van der Waals surface area contributed by atoms with Gasteiger partial charge in [0, 0.05) is 13.2 Å². The molecule has 6 heteroatoms. The smallest absolute Gasteiger partial charge is 0.360 e. The molecule has 0 aliphatic carbocycles. The molecule has 1 atom stereocenters. The third-order valence-electron chi connectivity index (χ3n) is 3.71. The molecule has 0 spiro atoms. The second-order valence-corrected chi connectivity index (χ2v) is 5.70. The van der Waals surface area contributed by atoms with Crippen LogP contribution in [0.5, 0.6) is 0 Å². The van der Waals surface area contributed by atoms with Crippen LogP contribution in [0.25, 0.3) is 0 Å². The number of hydrogen-bond donors (Lipinski definition) is 0. The molecule has 2 heterocycles. The summed E-state index contributed by atoms with van der Waals surface area (Å²) in [6.45, 7) is 7.87. The van der Waals surface area contributed by atoms with Gasteiger partial charge in [-0.15, -0.1) is 5.10 Å². The summed E-state index contributed by atoms with van der Waals surface area (Å²) in [4.78, 5) is 11.9. The SMILES string of the molecule is CCOC(=O)c1nnn(CCCC2CCCO2)c1C(C)C. The number of esters is 1. The second-order valence-electron chi connectivity index (χ2n) is 5.70. The maximum absolute atomic E-state index is 11.9. The maximum Gasteiger partial charge on any atom is 0.360 e. The molecule has 0 radical (unpaired) electrons. The van der Waals surface area contributed by atoms with Crippen molar-refractivity contribution in [2.45, 2.75) is 65.0 Å². The zero-order chi connectivity index (χ0) is 15.2. The van der Waals surface area contributed by atoms with Gasteiger partial charge in [0.2, 0.25) is 0 Å². The van der Waals surface area contributed by atoms with Crippen molar-refractivity contribution in [1.82, 2.24) is 15.0 Å². The Morgan fingerprint density at radius 3 is 2.95 bits per heavy atom. The Hall–Kier alpha value is -1.43. The first kappa shape index (κ1) is 15.9. The lowest BCUT2D eigenvalue weighted by atomic mass is 10.1. The van der Waals surface area contributed by atoms with Gasteiger partial charge >= 0.3 is 5.97 Å². The number of hydrogen-bond acceptors (Lipinski definition) is 5. The van der Waals surface area contributed by atoms with E-state index >= 15 is 0 Å². The molecule has 1 saturated heterocycles. The van der Waals surface area contributed by atoms with Gasteiger partial charge in [-0.3, -0.25) is 0 Å². The van der Waals surface area contributed by atoms with Gasteiger partial charge in [-0.1, -0.05) is 19.1 Å². The zero-order valence-corrected chi connectivity index (χ0v) is 13.2. The number of carbonyl (C=O) groups is 1. The summed E-state index contributed by atoms with van der Waals surface area (Å²) < 4.78 is 12.5. The summed E-state index contributed by atoms with van der Waals surface area (Å²) >= 11 is 0. The first-order valence-corrected chi connectivity index (χ1v) is 7.85. The van der Waals surface area contributed by atoms with E-state index in [1.807, 2.05) is 18.5 Å². The second kappa shape index (κ2) is 7.54. The van der Waals surface area contributed by atoms with Crippen molar-refractivity contribution in [2.75, 3.05) is 13.2 Å². The van der Waals surface area contributed by atoms with Gasteiger partial charge in [-0.2, -0.15) is 0 Å².